The van der Waals surface area contributed by atoms with Crippen LogP contribution >= 0.6 is 0 Å². The maximum absolute atomic E-state index is 13.0. The first-order chi connectivity index (χ1) is 8.99. The average Bonchev–Trinajstić information content (AvgIpc) is 2.39. The number of Topliss-reactive ketones (excluding diaryl/α,β-unsaturated/α-hetero) is 1. The average molecular weight is 284 g/mol. The van der Waals surface area contributed by atoms with Gasteiger partial charge in [0.25, 0.3) is 0 Å². The molecular formula is C14H17FO3S. The molecule has 1 aromatic rings. The first-order valence-electron chi connectivity index (χ1n) is 6.50. The van der Waals surface area contributed by atoms with Crippen molar-refractivity contribution in [3.8, 4) is 0 Å². The van der Waals surface area contributed by atoms with Crippen molar-refractivity contribution in [1.29, 1.82) is 0 Å². The maximum atomic E-state index is 13.0. The highest BCUT2D eigenvalue weighted by Gasteiger charge is 2.27. The normalized spacial score (nSPS) is 17.3. The molecule has 0 aliphatic heterocycles. The van der Waals surface area contributed by atoms with Crippen molar-refractivity contribution in [2.75, 3.05) is 5.75 Å². The van der Waals surface area contributed by atoms with Gasteiger partial charge in [-0.2, -0.15) is 0 Å². The second kappa shape index (κ2) is 5.82. The predicted molar refractivity (Wildman–Crippen MR) is 70.0 cm³/mol. The van der Waals surface area contributed by atoms with E-state index in [0.29, 0.717) is 0 Å². The summed E-state index contributed by atoms with van der Waals surface area (Å²) in [6.07, 6.45) is 4.63. The molecule has 0 N–H and O–H groups in total. The van der Waals surface area contributed by atoms with Gasteiger partial charge in [0.15, 0.2) is 15.6 Å². The first-order valence-corrected chi connectivity index (χ1v) is 8.15. The lowest BCUT2D eigenvalue weighted by molar-refractivity contribution is -0.121. The van der Waals surface area contributed by atoms with Crippen LogP contribution in [0.5, 0.6) is 0 Å². The minimum absolute atomic E-state index is 0.114. The third-order valence-corrected chi connectivity index (χ3v) is 5.18. The minimum Gasteiger partial charge on any atom is -0.298 e. The second-order valence-corrected chi connectivity index (χ2v) is 7.01. The molecule has 3 nitrogen and oxygen atoms in total. The standard InChI is InChI=1S/C14H17FO3S/c15-12-7-4-8-13(9-12)19(17,18)10-14(16)11-5-2-1-3-6-11/h4,7-9,11H,1-3,5-6,10H2. The number of hydrogen-bond donors (Lipinski definition) is 0. The van der Waals surface area contributed by atoms with Crippen LogP contribution in [0.15, 0.2) is 29.2 Å². The van der Waals surface area contributed by atoms with Gasteiger partial charge in [-0.25, -0.2) is 12.8 Å². The van der Waals surface area contributed by atoms with Crippen molar-refractivity contribution in [1.82, 2.24) is 0 Å². The van der Waals surface area contributed by atoms with E-state index in [-0.39, 0.29) is 16.6 Å². The second-order valence-electron chi connectivity index (χ2n) is 5.02. The summed E-state index contributed by atoms with van der Waals surface area (Å²) in [7, 11) is -3.72. The molecule has 0 heterocycles. The van der Waals surface area contributed by atoms with E-state index in [4.69, 9.17) is 0 Å². The number of carbonyl (C=O) groups is 1. The van der Waals surface area contributed by atoms with Crippen molar-refractivity contribution in [3.05, 3.63) is 30.1 Å². The van der Waals surface area contributed by atoms with E-state index in [1.807, 2.05) is 0 Å². The van der Waals surface area contributed by atoms with Gasteiger partial charge in [-0.1, -0.05) is 25.3 Å². The Bertz CT molecular complexity index is 560. The molecule has 0 bridgehead atoms. The van der Waals surface area contributed by atoms with Crippen molar-refractivity contribution in [3.63, 3.8) is 0 Å². The Morgan fingerprint density at radius 3 is 2.53 bits per heavy atom. The zero-order valence-corrected chi connectivity index (χ0v) is 11.5. The highest BCUT2D eigenvalue weighted by atomic mass is 32.2. The topological polar surface area (TPSA) is 51.2 Å². The van der Waals surface area contributed by atoms with Crippen LogP contribution in [-0.4, -0.2) is 20.0 Å². The minimum atomic E-state index is -3.72. The number of ketones is 1. The van der Waals surface area contributed by atoms with Crippen LogP contribution in [0.4, 0.5) is 4.39 Å². The third-order valence-electron chi connectivity index (χ3n) is 3.55. The lowest BCUT2D eigenvalue weighted by atomic mass is 9.87. The summed E-state index contributed by atoms with van der Waals surface area (Å²) in [5.41, 5.74) is 0. The Balaban J connectivity index is 2.10. The van der Waals surface area contributed by atoms with E-state index in [9.17, 15) is 17.6 Å². The number of hydrogen-bond acceptors (Lipinski definition) is 3. The van der Waals surface area contributed by atoms with Gasteiger partial charge in [-0.15, -0.1) is 0 Å². The molecular weight excluding hydrogens is 267 g/mol. The number of rotatable bonds is 4. The third kappa shape index (κ3) is 3.62. The lowest BCUT2D eigenvalue weighted by Gasteiger charge is -2.20. The van der Waals surface area contributed by atoms with Gasteiger partial charge in [-0.05, 0) is 31.0 Å². The van der Waals surface area contributed by atoms with E-state index < -0.39 is 21.4 Å². The molecule has 1 saturated carbocycles. The van der Waals surface area contributed by atoms with Crippen molar-refractivity contribution < 1.29 is 17.6 Å². The van der Waals surface area contributed by atoms with Gasteiger partial charge in [0, 0.05) is 5.92 Å². The van der Waals surface area contributed by atoms with E-state index in [2.05, 4.69) is 0 Å². The molecule has 19 heavy (non-hydrogen) atoms. The molecule has 1 fully saturated rings. The Kier molecular flexibility index (Phi) is 4.34. The van der Waals surface area contributed by atoms with Crippen LogP contribution in [0.25, 0.3) is 0 Å². The summed E-state index contributed by atoms with van der Waals surface area (Å²) in [4.78, 5) is 11.9. The molecule has 1 aliphatic carbocycles. The number of benzene rings is 1. The summed E-state index contributed by atoms with van der Waals surface area (Å²) < 4.78 is 37.1. The Hall–Kier alpha value is -1.23. The van der Waals surface area contributed by atoms with Gasteiger partial charge in [0.05, 0.1) is 4.90 Å². The molecule has 0 saturated heterocycles. The Morgan fingerprint density at radius 2 is 1.89 bits per heavy atom. The molecule has 0 aromatic heterocycles. The zero-order chi connectivity index (χ0) is 13.9. The zero-order valence-electron chi connectivity index (χ0n) is 10.6. The maximum Gasteiger partial charge on any atom is 0.185 e. The van der Waals surface area contributed by atoms with Gasteiger partial charge in [0.1, 0.15) is 11.6 Å². The molecule has 0 radical (unpaired) electrons. The van der Waals surface area contributed by atoms with Crippen LogP contribution in [0, 0.1) is 11.7 Å². The Morgan fingerprint density at radius 1 is 1.21 bits per heavy atom. The van der Waals surface area contributed by atoms with E-state index in [1.165, 1.54) is 18.2 Å². The molecule has 0 atom stereocenters. The smallest absolute Gasteiger partial charge is 0.185 e. The largest absolute Gasteiger partial charge is 0.298 e. The fourth-order valence-corrected chi connectivity index (χ4v) is 3.83. The number of carbonyl (C=O) groups excluding carboxylic acids is 1. The molecule has 104 valence electrons. The molecule has 0 amide bonds. The fraction of sp³-hybridized carbons (Fsp3) is 0.500. The quantitative estimate of drug-likeness (QED) is 0.854. The van der Waals surface area contributed by atoms with E-state index in [1.54, 1.807) is 0 Å². The van der Waals surface area contributed by atoms with Gasteiger partial charge in [0.2, 0.25) is 0 Å². The summed E-state index contributed by atoms with van der Waals surface area (Å²) in [6.45, 7) is 0. The van der Waals surface area contributed by atoms with Crippen LogP contribution in [0.2, 0.25) is 0 Å². The molecule has 1 aromatic carbocycles. The van der Waals surface area contributed by atoms with Crippen molar-refractivity contribution >= 4 is 15.6 Å². The monoisotopic (exact) mass is 284 g/mol. The molecule has 5 heteroatoms. The molecule has 0 spiro atoms. The van der Waals surface area contributed by atoms with Gasteiger partial charge in [-0.3, -0.25) is 4.79 Å². The van der Waals surface area contributed by atoms with Crippen molar-refractivity contribution in [2.45, 2.75) is 37.0 Å². The SMILES string of the molecule is O=C(CS(=O)(=O)c1cccc(F)c1)C1CCCCC1. The van der Waals surface area contributed by atoms with Crippen molar-refractivity contribution in [2.24, 2.45) is 5.92 Å². The summed E-state index contributed by atoms with van der Waals surface area (Å²) in [6, 6.07) is 4.81. The fourth-order valence-electron chi connectivity index (χ4n) is 2.47. The van der Waals surface area contributed by atoms with E-state index in [0.717, 1.165) is 38.2 Å². The first kappa shape index (κ1) is 14.2. The lowest BCUT2D eigenvalue weighted by Crippen LogP contribution is -2.25. The van der Waals surface area contributed by atoms with Gasteiger partial charge >= 0.3 is 0 Å². The highest BCUT2D eigenvalue weighted by molar-refractivity contribution is 7.92. The number of sulfone groups is 1. The van der Waals surface area contributed by atoms with Crippen LogP contribution < -0.4 is 0 Å². The number of halogens is 1. The summed E-state index contributed by atoms with van der Waals surface area (Å²) in [5, 5.41) is 0. The molecule has 1 aliphatic rings. The van der Waals surface area contributed by atoms with E-state index >= 15 is 0 Å². The molecule has 0 unspecified atom stereocenters. The summed E-state index contributed by atoms with van der Waals surface area (Å²) in [5.74, 6) is -1.49. The van der Waals surface area contributed by atoms with Crippen LogP contribution in [-0.2, 0) is 14.6 Å². The highest BCUT2D eigenvalue weighted by Crippen LogP contribution is 2.25. The van der Waals surface area contributed by atoms with Gasteiger partial charge < -0.3 is 0 Å². The Labute approximate surface area is 112 Å². The predicted octanol–water partition coefficient (Wildman–Crippen LogP) is 2.75. The van der Waals surface area contributed by atoms with Crippen LogP contribution in [0.1, 0.15) is 32.1 Å². The molecule has 2 rings (SSSR count). The summed E-state index contributed by atoms with van der Waals surface area (Å²) >= 11 is 0. The van der Waals surface area contributed by atoms with Crippen LogP contribution in [0.3, 0.4) is 0 Å².